The monoisotopic (exact) mass is 409 g/mol. The van der Waals surface area contributed by atoms with Crippen LogP contribution in [0.25, 0.3) is 0 Å². The Kier molecular flexibility index (Phi) is 6.74. The number of ether oxygens (including phenoxy) is 1. The van der Waals surface area contributed by atoms with E-state index < -0.39 is 5.41 Å². The van der Waals surface area contributed by atoms with Crippen LogP contribution in [0.15, 0.2) is 18.2 Å². The van der Waals surface area contributed by atoms with Gasteiger partial charge in [-0.15, -0.1) is 11.3 Å². The molecule has 5 nitrogen and oxygen atoms in total. The molecule has 2 aromatic heterocycles. The number of aromatic nitrogens is 2. The first kappa shape index (κ1) is 20.5. The summed E-state index contributed by atoms with van der Waals surface area (Å²) in [6.45, 7) is 6.20. The van der Waals surface area contributed by atoms with Gasteiger partial charge in [-0.05, 0) is 70.8 Å². The Morgan fingerprint density at radius 2 is 2.11 bits per heavy atom. The molecule has 0 radical (unpaired) electrons. The molecule has 0 atom stereocenters. The molecular weight excluding hydrogens is 382 g/mol. The van der Waals surface area contributed by atoms with E-state index in [2.05, 4.69) is 17.4 Å². The van der Waals surface area contributed by atoms with Crippen LogP contribution in [0.3, 0.4) is 0 Å². The topological polar surface area (TPSA) is 56.2 Å². The van der Waals surface area contributed by atoms with E-state index in [-0.39, 0.29) is 5.91 Å². The Morgan fingerprint density at radius 3 is 2.74 bits per heavy atom. The van der Waals surface area contributed by atoms with Crippen molar-refractivity contribution in [2.24, 2.45) is 5.41 Å². The van der Waals surface area contributed by atoms with Gasteiger partial charge in [-0.25, -0.2) is 4.68 Å². The third-order valence-electron chi connectivity index (χ3n) is 5.09. The largest absolute Gasteiger partial charge is 0.384 e. The van der Waals surface area contributed by atoms with Gasteiger partial charge in [0.2, 0.25) is 0 Å². The molecule has 148 valence electrons. The van der Waals surface area contributed by atoms with Crippen molar-refractivity contribution in [3.05, 3.63) is 38.8 Å². The number of aryl methyl sites for hydroxylation is 2. The minimum absolute atomic E-state index is 0.0104. The van der Waals surface area contributed by atoms with Crippen molar-refractivity contribution < 1.29 is 9.53 Å². The van der Waals surface area contributed by atoms with Crippen molar-refractivity contribution in [2.45, 2.75) is 45.4 Å². The summed E-state index contributed by atoms with van der Waals surface area (Å²) in [5.41, 5.74) is 1.40. The van der Waals surface area contributed by atoms with E-state index in [0.29, 0.717) is 12.5 Å². The van der Waals surface area contributed by atoms with Gasteiger partial charge in [0, 0.05) is 23.6 Å². The van der Waals surface area contributed by atoms with Crippen molar-refractivity contribution in [1.82, 2.24) is 15.1 Å². The van der Waals surface area contributed by atoms with Crippen LogP contribution >= 0.6 is 22.9 Å². The zero-order valence-electron chi connectivity index (χ0n) is 16.3. The van der Waals surface area contributed by atoms with Crippen molar-refractivity contribution >= 4 is 28.8 Å². The lowest BCUT2D eigenvalue weighted by molar-refractivity contribution is 0.0521. The van der Waals surface area contributed by atoms with Crippen LogP contribution < -0.4 is 5.32 Å². The molecule has 0 amide bonds. The molecule has 1 fully saturated rings. The Morgan fingerprint density at radius 1 is 1.37 bits per heavy atom. The molecule has 0 aromatic carbocycles. The average molecular weight is 410 g/mol. The Labute approximate surface area is 170 Å². The van der Waals surface area contributed by atoms with Crippen molar-refractivity contribution in [1.29, 1.82) is 0 Å². The van der Waals surface area contributed by atoms with Crippen molar-refractivity contribution in [3.63, 3.8) is 0 Å². The highest BCUT2D eigenvalue weighted by Gasteiger charge is 2.32. The number of rotatable bonds is 7. The zero-order chi connectivity index (χ0) is 19.4. The van der Waals surface area contributed by atoms with Crippen LogP contribution in [0, 0.1) is 5.41 Å². The summed E-state index contributed by atoms with van der Waals surface area (Å²) < 4.78 is 7.69. The lowest BCUT2D eigenvalue weighted by Crippen LogP contribution is -2.35. The maximum absolute atomic E-state index is 13.2. The Balaban J connectivity index is 1.86. The highest BCUT2D eigenvalue weighted by Crippen LogP contribution is 2.28. The van der Waals surface area contributed by atoms with Gasteiger partial charge in [0.15, 0.2) is 0 Å². The molecule has 1 aliphatic heterocycles. The predicted octanol–water partition coefficient (Wildman–Crippen LogP) is 4.16. The molecule has 1 aliphatic rings. The molecule has 0 saturated carbocycles. The van der Waals surface area contributed by atoms with Crippen LogP contribution in [0.2, 0.25) is 4.34 Å². The Hall–Kier alpha value is -1.21. The van der Waals surface area contributed by atoms with Crippen LogP contribution in [0.4, 0.5) is 0 Å². The van der Waals surface area contributed by atoms with E-state index in [1.807, 2.05) is 19.9 Å². The van der Waals surface area contributed by atoms with Gasteiger partial charge in [-0.2, -0.15) is 5.10 Å². The number of carbonyl (C=O) groups is 1. The number of thiophene rings is 1. The number of nitrogens with one attached hydrogen (secondary N) is 1. The third kappa shape index (κ3) is 4.99. The van der Waals surface area contributed by atoms with E-state index in [9.17, 15) is 4.79 Å². The maximum atomic E-state index is 13.2. The van der Waals surface area contributed by atoms with E-state index >= 15 is 0 Å². The third-order valence-corrected chi connectivity index (χ3v) is 6.38. The van der Waals surface area contributed by atoms with E-state index in [0.717, 1.165) is 54.5 Å². The van der Waals surface area contributed by atoms with E-state index in [1.165, 1.54) is 4.88 Å². The van der Waals surface area contributed by atoms with E-state index in [4.69, 9.17) is 21.4 Å². The molecule has 0 aliphatic carbocycles. The van der Waals surface area contributed by atoms with E-state index in [1.54, 1.807) is 23.1 Å². The fourth-order valence-corrected chi connectivity index (χ4v) is 4.65. The van der Waals surface area contributed by atoms with Gasteiger partial charge in [0.25, 0.3) is 5.91 Å². The fraction of sp³-hybridized carbons (Fsp3) is 0.600. The minimum atomic E-state index is -0.618. The fourth-order valence-electron chi connectivity index (χ4n) is 3.56. The lowest BCUT2D eigenvalue weighted by atomic mass is 9.93. The maximum Gasteiger partial charge on any atom is 0.255 e. The molecule has 0 unspecified atom stereocenters. The summed E-state index contributed by atoms with van der Waals surface area (Å²) in [5.74, 6) is 0.407. The summed E-state index contributed by atoms with van der Waals surface area (Å²) >= 11 is 7.64. The van der Waals surface area contributed by atoms with Gasteiger partial charge in [0.05, 0.1) is 22.1 Å². The van der Waals surface area contributed by atoms with Gasteiger partial charge >= 0.3 is 0 Å². The summed E-state index contributed by atoms with van der Waals surface area (Å²) in [5, 5.41) is 8.15. The molecule has 0 spiro atoms. The second-order valence-electron chi connectivity index (χ2n) is 7.82. The summed E-state index contributed by atoms with van der Waals surface area (Å²) in [4.78, 5) is 14.4. The number of piperidine rings is 1. The quantitative estimate of drug-likeness (QED) is 0.745. The SMILES string of the molecule is COCC(C)(C)C(=O)n1nc(C2CCNCC2)cc1CCc1ccc(Cl)s1. The molecular formula is C20H28ClN3O2S. The Bertz CT molecular complexity index is 778. The van der Waals surface area contributed by atoms with Crippen LogP contribution in [-0.4, -0.2) is 42.5 Å². The van der Waals surface area contributed by atoms with Crippen molar-refractivity contribution in [3.8, 4) is 0 Å². The average Bonchev–Trinajstić information content (AvgIpc) is 3.26. The molecule has 7 heteroatoms. The van der Waals surface area contributed by atoms with Crippen LogP contribution in [0.1, 0.15) is 53.7 Å². The first-order valence-electron chi connectivity index (χ1n) is 9.48. The van der Waals surface area contributed by atoms with Crippen LogP contribution in [-0.2, 0) is 17.6 Å². The molecule has 27 heavy (non-hydrogen) atoms. The normalized spacial score (nSPS) is 16.0. The molecule has 3 heterocycles. The summed E-state index contributed by atoms with van der Waals surface area (Å²) in [6, 6.07) is 6.11. The van der Waals surface area contributed by atoms with Crippen molar-refractivity contribution in [2.75, 3.05) is 26.8 Å². The van der Waals surface area contributed by atoms with Crippen LogP contribution in [0.5, 0.6) is 0 Å². The number of hydrogen-bond donors (Lipinski definition) is 1. The number of carbonyl (C=O) groups excluding carboxylic acids is 1. The number of nitrogens with zero attached hydrogens (tertiary/aromatic N) is 2. The van der Waals surface area contributed by atoms with Gasteiger partial charge in [-0.1, -0.05) is 11.6 Å². The molecule has 2 aromatic rings. The summed E-state index contributed by atoms with van der Waals surface area (Å²) in [6.07, 6.45) is 3.75. The second kappa shape index (κ2) is 8.86. The first-order chi connectivity index (χ1) is 12.9. The lowest BCUT2D eigenvalue weighted by Gasteiger charge is -2.23. The van der Waals surface area contributed by atoms with Gasteiger partial charge in [0.1, 0.15) is 0 Å². The highest BCUT2D eigenvalue weighted by atomic mass is 35.5. The first-order valence-corrected chi connectivity index (χ1v) is 10.7. The zero-order valence-corrected chi connectivity index (χ0v) is 17.8. The number of hydrogen-bond acceptors (Lipinski definition) is 5. The highest BCUT2D eigenvalue weighted by molar-refractivity contribution is 7.16. The number of halogens is 1. The second-order valence-corrected chi connectivity index (χ2v) is 9.62. The number of methoxy groups -OCH3 is 1. The minimum Gasteiger partial charge on any atom is -0.384 e. The standard InChI is InChI=1S/C20H28ClN3O2S/c1-20(2,13-26-3)19(25)24-15(4-5-16-6-7-18(21)27-16)12-17(23-24)14-8-10-22-11-9-14/h6-7,12,14,22H,4-5,8-11,13H2,1-3H3. The van der Waals surface area contributed by atoms with Gasteiger partial charge in [-0.3, -0.25) is 4.79 Å². The smallest absolute Gasteiger partial charge is 0.255 e. The molecule has 3 rings (SSSR count). The summed E-state index contributed by atoms with van der Waals surface area (Å²) in [7, 11) is 1.63. The molecule has 0 bridgehead atoms. The predicted molar refractivity (Wildman–Crippen MR) is 110 cm³/mol. The molecule has 1 saturated heterocycles. The molecule has 1 N–H and O–H groups in total. The van der Waals surface area contributed by atoms with Gasteiger partial charge < -0.3 is 10.1 Å².